The van der Waals surface area contributed by atoms with E-state index < -0.39 is 17.6 Å². The van der Waals surface area contributed by atoms with E-state index in [4.69, 9.17) is 4.74 Å². The standard InChI is InChI=1S/C31H26F2N2O3/c32-28-14-19(16-34)26(15-29(28)33)30(36)18-12-20-6-5-7-21(13-18)35(20)31(37)38-17-27-24-10-3-1-8-22(24)23-9-2-4-11-25(23)27/h1-4,8-11,14-15,18,20-21,27H,5-7,12-13,17H2. The summed E-state index contributed by atoms with van der Waals surface area (Å²) in [7, 11) is 0. The molecular formula is C31H26F2N2O3. The van der Waals surface area contributed by atoms with Crippen molar-refractivity contribution in [1.82, 2.24) is 4.90 Å². The van der Waals surface area contributed by atoms with Crippen molar-refractivity contribution in [2.24, 2.45) is 5.92 Å². The van der Waals surface area contributed by atoms with E-state index in [1.807, 2.05) is 24.3 Å². The molecule has 7 heteroatoms. The molecular weight excluding hydrogens is 486 g/mol. The Kier molecular flexibility index (Phi) is 6.19. The molecule has 192 valence electrons. The van der Waals surface area contributed by atoms with Crippen LogP contribution in [-0.2, 0) is 4.74 Å². The van der Waals surface area contributed by atoms with Crippen molar-refractivity contribution in [3.63, 3.8) is 0 Å². The highest BCUT2D eigenvalue weighted by atomic mass is 19.2. The lowest BCUT2D eigenvalue weighted by Gasteiger charge is -2.47. The lowest BCUT2D eigenvalue weighted by molar-refractivity contribution is 0.00649. The minimum Gasteiger partial charge on any atom is -0.448 e. The number of nitrogens with zero attached hydrogens (tertiary/aromatic N) is 2. The third kappa shape index (κ3) is 4.05. The molecule has 3 aromatic rings. The van der Waals surface area contributed by atoms with Gasteiger partial charge in [0.25, 0.3) is 0 Å². The van der Waals surface area contributed by atoms with Gasteiger partial charge in [-0.25, -0.2) is 13.6 Å². The number of rotatable bonds is 4. The number of fused-ring (bicyclic) bond motifs is 5. The molecule has 2 aliphatic heterocycles. The first-order valence-electron chi connectivity index (χ1n) is 13.0. The van der Waals surface area contributed by atoms with Gasteiger partial charge in [0.2, 0.25) is 0 Å². The van der Waals surface area contributed by atoms with Crippen molar-refractivity contribution in [2.75, 3.05) is 6.61 Å². The van der Waals surface area contributed by atoms with Gasteiger partial charge in [-0.15, -0.1) is 0 Å². The van der Waals surface area contributed by atoms with Crippen LogP contribution in [-0.4, -0.2) is 35.5 Å². The van der Waals surface area contributed by atoms with E-state index in [0.29, 0.717) is 12.8 Å². The minimum atomic E-state index is -1.15. The summed E-state index contributed by atoms with van der Waals surface area (Å²) >= 11 is 0. The summed E-state index contributed by atoms with van der Waals surface area (Å²) in [5.41, 5.74) is 4.35. The van der Waals surface area contributed by atoms with Gasteiger partial charge in [0.15, 0.2) is 17.4 Å². The number of nitriles is 1. The molecule has 0 saturated carbocycles. The average molecular weight is 513 g/mol. The topological polar surface area (TPSA) is 70.4 Å². The Morgan fingerprint density at radius 2 is 1.50 bits per heavy atom. The summed E-state index contributed by atoms with van der Waals surface area (Å²) < 4.78 is 33.5. The SMILES string of the molecule is N#Cc1cc(F)c(F)cc1C(=O)C1CC2CCCC(C1)N2C(=O)OCC1c2ccccc2-c2ccccc21. The summed E-state index contributed by atoms with van der Waals surface area (Å²) in [5, 5.41) is 9.37. The Morgan fingerprint density at radius 1 is 0.921 bits per heavy atom. The van der Waals surface area contributed by atoms with Gasteiger partial charge in [-0.2, -0.15) is 5.26 Å². The molecule has 0 N–H and O–H groups in total. The van der Waals surface area contributed by atoms with Gasteiger partial charge in [-0.1, -0.05) is 48.5 Å². The number of hydrogen-bond acceptors (Lipinski definition) is 4. The quantitative estimate of drug-likeness (QED) is 0.369. The molecule has 2 unspecified atom stereocenters. The molecule has 2 atom stereocenters. The summed E-state index contributed by atoms with van der Waals surface area (Å²) in [6, 6.07) is 19.4. The molecule has 0 aromatic heterocycles. The third-order valence-corrected chi connectivity index (χ3v) is 8.34. The van der Waals surface area contributed by atoms with E-state index in [1.165, 1.54) is 0 Å². The smallest absolute Gasteiger partial charge is 0.410 e. The summed E-state index contributed by atoms with van der Waals surface area (Å²) in [6.07, 6.45) is 2.86. The number of benzene rings is 3. The highest BCUT2D eigenvalue weighted by Crippen LogP contribution is 2.45. The van der Waals surface area contributed by atoms with Gasteiger partial charge in [-0.05, 0) is 66.5 Å². The summed E-state index contributed by atoms with van der Waals surface area (Å²) in [5.74, 6) is -3.18. The van der Waals surface area contributed by atoms with Crippen LogP contribution >= 0.6 is 0 Å². The number of ketones is 1. The maximum atomic E-state index is 13.9. The largest absolute Gasteiger partial charge is 0.448 e. The monoisotopic (exact) mass is 512 g/mol. The van der Waals surface area contributed by atoms with E-state index in [-0.39, 0.29) is 47.6 Å². The van der Waals surface area contributed by atoms with E-state index in [9.17, 15) is 23.6 Å². The van der Waals surface area contributed by atoms with Gasteiger partial charge < -0.3 is 9.64 Å². The van der Waals surface area contributed by atoms with Crippen LogP contribution in [0.1, 0.15) is 65.1 Å². The fraction of sp³-hybridized carbons (Fsp3) is 0.323. The van der Waals surface area contributed by atoms with Crippen molar-refractivity contribution in [1.29, 1.82) is 5.26 Å². The molecule has 3 aliphatic rings. The van der Waals surface area contributed by atoms with Crippen LogP contribution in [0, 0.1) is 28.9 Å². The zero-order valence-electron chi connectivity index (χ0n) is 20.7. The van der Waals surface area contributed by atoms with Crippen LogP contribution in [0.15, 0.2) is 60.7 Å². The number of Topliss-reactive ketones (excluding diaryl/α,β-unsaturated/α-hetero) is 1. The predicted octanol–water partition coefficient (Wildman–Crippen LogP) is 6.60. The Morgan fingerprint density at radius 3 is 2.11 bits per heavy atom. The van der Waals surface area contributed by atoms with Gasteiger partial charge in [0, 0.05) is 29.5 Å². The number of amides is 1. The zero-order valence-corrected chi connectivity index (χ0v) is 20.7. The van der Waals surface area contributed by atoms with Crippen LogP contribution < -0.4 is 0 Å². The zero-order chi connectivity index (χ0) is 26.4. The number of hydrogen-bond donors (Lipinski definition) is 0. The van der Waals surface area contributed by atoms with Crippen LogP contribution in [0.2, 0.25) is 0 Å². The van der Waals surface area contributed by atoms with Gasteiger partial charge in [-0.3, -0.25) is 4.79 Å². The molecule has 6 rings (SSSR count). The highest BCUT2D eigenvalue weighted by Gasteiger charge is 2.44. The molecule has 3 aromatic carbocycles. The average Bonchev–Trinajstić information content (AvgIpc) is 3.25. The highest BCUT2D eigenvalue weighted by molar-refractivity contribution is 6.00. The fourth-order valence-electron chi connectivity index (χ4n) is 6.63. The van der Waals surface area contributed by atoms with Gasteiger partial charge >= 0.3 is 6.09 Å². The number of ether oxygens (including phenoxy) is 1. The molecule has 0 radical (unpaired) electrons. The number of piperidine rings is 2. The van der Waals surface area contributed by atoms with Crippen molar-refractivity contribution in [3.05, 3.63) is 94.6 Å². The summed E-state index contributed by atoms with van der Waals surface area (Å²) in [4.78, 5) is 28.5. The number of carbonyl (C=O) groups excluding carboxylic acids is 2. The van der Waals surface area contributed by atoms with Crippen LogP contribution in [0.5, 0.6) is 0 Å². The first kappa shape index (κ1) is 24.3. The van der Waals surface area contributed by atoms with Crippen molar-refractivity contribution >= 4 is 11.9 Å². The second kappa shape index (κ2) is 9.68. The molecule has 5 nitrogen and oxygen atoms in total. The predicted molar refractivity (Wildman–Crippen MR) is 136 cm³/mol. The van der Waals surface area contributed by atoms with Crippen LogP contribution in [0.3, 0.4) is 0 Å². The lowest BCUT2D eigenvalue weighted by Crippen LogP contribution is -2.56. The normalized spacial score (nSPS) is 21.8. The first-order valence-corrected chi connectivity index (χ1v) is 13.0. The van der Waals surface area contributed by atoms with Crippen molar-refractivity contribution in [3.8, 4) is 17.2 Å². The van der Waals surface area contributed by atoms with Crippen LogP contribution in [0.4, 0.5) is 13.6 Å². The molecule has 2 saturated heterocycles. The number of halogens is 2. The summed E-state index contributed by atoms with van der Waals surface area (Å²) in [6.45, 7) is 0.228. The van der Waals surface area contributed by atoms with Crippen molar-refractivity contribution in [2.45, 2.75) is 50.1 Å². The second-order valence-corrected chi connectivity index (χ2v) is 10.4. The Bertz CT molecular complexity index is 1420. The van der Waals surface area contributed by atoms with Crippen molar-refractivity contribution < 1.29 is 23.1 Å². The first-order chi connectivity index (χ1) is 18.5. The lowest BCUT2D eigenvalue weighted by atomic mass is 9.75. The van der Waals surface area contributed by atoms with E-state index in [1.54, 1.807) is 11.0 Å². The minimum absolute atomic E-state index is 0.0388. The van der Waals surface area contributed by atoms with E-state index >= 15 is 0 Å². The van der Waals surface area contributed by atoms with Crippen LogP contribution in [0.25, 0.3) is 11.1 Å². The maximum absolute atomic E-state index is 13.9. The van der Waals surface area contributed by atoms with E-state index in [0.717, 1.165) is 53.6 Å². The maximum Gasteiger partial charge on any atom is 0.410 e. The molecule has 2 heterocycles. The third-order valence-electron chi connectivity index (χ3n) is 8.34. The Labute approximate surface area is 219 Å². The fourth-order valence-corrected chi connectivity index (χ4v) is 6.63. The number of carbonyl (C=O) groups is 2. The Balaban J connectivity index is 1.18. The molecule has 0 spiro atoms. The molecule has 1 aliphatic carbocycles. The second-order valence-electron chi connectivity index (χ2n) is 10.4. The molecule has 38 heavy (non-hydrogen) atoms. The van der Waals surface area contributed by atoms with Gasteiger partial charge in [0.05, 0.1) is 11.6 Å². The van der Waals surface area contributed by atoms with Gasteiger partial charge in [0.1, 0.15) is 6.61 Å². The Hall–Kier alpha value is -4.05. The molecule has 2 bridgehead atoms. The van der Waals surface area contributed by atoms with E-state index in [2.05, 4.69) is 24.3 Å². The molecule has 1 amide bonds. The molecule has 2 fully saturated rings.